The van der Waals surface area contributed by atoms with Crippen molar-refractivity contribution in [2.75, 3.05) is 13.1 Å². The van der Waals surface area contributed by atoms with Gasteiger partial charge in [-0.3, -0.25) is 14.4 Å². The average molecular weight is 344 g/mol. The number of aliphatic carboxylic acids is 1. The molecule has 1 aliphatic heterocycles. The van der Waals surface area contributed by atoms with Crippen LogP contribution in [0, 0.1) is 11.8 Å². The highest BCUT2D eigenvalue weighted by atomic mass is 16.4. The van der Waals surface area contributed by atoms with Crippen molar-refractivity contribution in [3.8, 4) is 0 Å². The van der Waals surface area contributed by atoms with Crippen molar-refractivity contribution in [3.05, 3.63) is 35.9 Å². The third-order valence-electron chi connectivity index (χ3n) is 5.30. The van der Waals surface area contributed by atoms with E-state index in [1.165, 1.54) is 0 Å². The fourth-order valence-electron chi connectivity index (χ4n) is 3.76. The molecule has 1 aliphatic carbocycles. The summed E-state index contributed by atoms with van der Waals surface area (Å²) in [6, 6.07) is 9.15. The Kier molecular flexibility index (Phi) is 5.36. The molecule has 1 saturated carbocycles. The molecule has 134 valence electrons. The van der Waals surface area contributed by atoms with Crippen LogP contribution >= 0.6 is 0 Å². The number of piperidine rings is 1. The minimum atomic E-state index is -0.774. The van der Waals surface area contributed by atoms with Crippen molar-refractivity contribution >= 4 is 17.8 Å². The largest absolute Gasteiger partial charge is 0.481 e. The molecule has 2 atom stereocenters. The Morgan fingerprint density at radius 1 is 0.960 bits per heavy atom. The van der Waals surface area contributed by atoms with Gasteiger partial charge in [0, 0.05) is 30.6 Å². The molecule has 2 amide bonds. The van der Waals surface area contributed by atoms with Gasteiger partial charge in [-0.1, -0.05) is 18.2 Å². The summed E-state index contributed by atoms with van der Waals surface area (Å²) in [6.07, 6.45) is 3.18. The first-order valence-electron chi connectivity index (χ1n) is 8.92. The lowest BCUT2D eigenvalue weighted by molar-refractivity contribution is -0.141. The molecule has 0 spiro atoms. The minimum Gasteiger partial charge on any atom is -0.481 e. The summed E-state index contributed by atoms with van der Waals surface area (Å²) in [5.41, 5.74) is 0.677. The van der Waals surface area contributed by atoms with Crippen LogP contribution < -0.4 is 5.32 Å². The van der Waals surface area contributed by atoms with Crippen LogP contribution in [0.5, 0.6) is 0 Å². The van der Waals surface area contributed by atoms with Gasteiger partial charge >= 0.3 is 5.97 Å². The summed E-state index contributed by atoms with van der Waals surface area (Å²) in [5, 5.41) is 12.0. The SMILES string of the molecule is O=C(N[C@H]1CC[C@@H](C(=O)O)C1)C1CCN(C(=O)c2ccccc2)CC1. The first-order chi connectivity index (χ1) is 12.0. The van der Waals surface area contributed by atoms with Crippen molar-refractivity contribution in [1.29, 1.82) is 0 Å². The number of nitrogens with zero attached hydrogens (tertiary/aromatic N) is 1. The standard InChI is InChI=1S/C19H24N2O4/c22-17(20-16-7-6-15(12-16)19(24)25)13-8-10-21(11-9-13)18(23)14-4-2-1-3-5-14/h1-5,13,15-16H,6-12H2,(H,20,22)(H,24,25)/t15-,16+/m1/s1. The number of amides is 2. The van der Waals surface area contributed by atoms with Crippen LogP contribution in [0.3, 0.4) is 0 Å². The van der Waals surface area contributed by atoms with Gasteiger partial charge in [-0.25, -0.2) is 0 Å². The molecule has 6 nitrogen and oxygen atoms in total. The number of hydrogen-bond donors (Lipinski definition) is 2. The lowest BCUT2D eigenvalue weighted by Crippen LogP contribution is -2.45. The Morgan fingerprint density at radius 3 is 2.24 bits per heavy atom. The maximum atomic E-state index is 12.4. The van der Waals surface area contributed by atoms with Crippen LogP contribution in [0.4, 0.5) is 0 Å². The highest BCUT2D eigenvalue weighted by Crippen LogP contribution is 2.27. The van der Waals surface area contributed by atoms with Gasteiger partial charge in [0.2, 0.25) is 5.91 Å². The third kappa shape index (κ3) is 4.18. The highest BCUT2D eigenvalue weighted by molar-refractivity contribution is 5.94. The zero-order chi connectivity index (χ0) is 17.8. The van der Waals surface area contributed by atoms with E-state index in [0.717, 1.165) is 6.42 Å². The Bertz CT molecular complexity index is 638. The predicted molar refractivity (Wildman–Crippen MR) is 92.0 cm³/mol. The smallest absolute Gasteiger partial charge is 0.306 e. The number of carbonyl (C=O) groups is 3. The van der Waals surface area contributed by atoms with Gasteiger partial charge in [-0.2, -0.15) is 0 Å². The molecule has 25 heavy (non-hydrogen) atoms. The monoisotopic (exact) mass is 344 g/mol. The lowest BCUT2D eigenvalue weighted by Gasteiger charge is -2.32. The second kappa shape index (κ2) is 7.68. The van der Waals surface area contributed by atoms with Gasteiger partial charge in [0.05, 0.1) is 5.92 Å². The van der Waals surface area contributed by atoms with E-state index in [-0.39, 0.29) is 29.7 Å². The topological polar surface area (TPSA) is 86.7 Å². The number of nitrogens with one attached hydrogen (secondary N) is 1. The van der Waals surface area contributed by atoms with E-state index in [1.807, 2.05) is 18.2 Å². The number of likely N-dealkylation sites (tertiary alicyclic amines) is 1. The summed E-state index contributed by atoms with van der Waals surface area (Å²) in [4.78, 5) is 37.6. The molecular formula is C19H24N2O4. The lowest BCUT2D eigenvalue weighted by atomic mass is 9.95. The minimum absolute atomic E-state index is 0.00264. The number of benzene rings is 1. The van der Waals surface area contributed by atoms with Crippen molar-refractivity contribution in [3.63, 3.8) is 0 Å². The Labute approximate surface area is 147 Å². The average Bonchev–Trinajstić information content (AvgIpc) is 3.11. The van der Waals surface area contributed by atoms with E-state index in [1.54, 1.807) is 17.0 Å². The predicted octanol–water partition coefficient (Wildman–Crippen LogP) is 1.91. The van der Waals surface area contributed by atoms with Crippen molar-refractivity contribution in [2.24, 2.45) is 11.8 Å². The fourth-order valence-corrected chi connectivity index (χ4v) is 3.76. The van der Waals surface area contributed by atoms with Gasteiger partial charge in [-0.05, 0) is 44.2 Å². The fraction of sp³-hybridized carbons (Fsp3) is 0.526. The summed E-state index contributed by atoms with van der Waals surface area (Å²) < 4.78 is 0. The molecule has 3 rings (SSSR count). The number of carboxylic acid groups (broad SMARTS) is 1. The molecule has 1 saturated heterocycles. The molecule has 6 heteroatoms. The van der Waals surface area contributed by atoms with Crippen LogP contribution in [0.15, 0.2) is 30.3 Å². The second-order valence-corrected chi connectivity index (χ2v) is 6.99. The maximum Gasteiger partial charge on any atom is 0.306 e. The molecule has 2 N–H and O–H groups in total. The number of carboxylic acids is 1. The number of hydrogen-bond acceptors (Lipinski definition) is 3. The number of carbonyl (C=O) groups excluding carboxylic acids is 2. The van der Waals surface area contributed by atoms with Crippen LogP contribution in [-0.2, 0) is 9.59 Å². The Balaban J connectivity index is 1.47. The molecular weight excluding hydrogens is 320 g/mol. The second-order valence-electron chi connectivity index (χ2n) is 6.99. The van der Waals surface area contributed by atoms with Crippen molar-refractivity contribution < 1.29 is 19.5 Å². The van der Waals surface area contributed by atoms with E-state index in [9.17, 15) is 14.4 Å². The molecule has 2 fully saturated rings. The van der Waals surface area contributed by atoms with E-state index in [4.69, 9.17) is 5.11 Å². The van der Waals surface area contributed by atoms with E-state index in [0.29, 0.717) is 44.3 Å². The van der Waals surface area contributed by atoms with Gasteiger partial charge in [-0.15, -0.1) is 0 Å². The molecule has 1 aromatic rings. The van der Waals surface area contributed by atoms with E-state index in [2.05, 4.69) is 5.32 Å². The van der Waals surface area contributed by atoms with Crippen molar-refractivity contribution in [1.82, 2.24) is 10.2 Å². The summed E-state index contributed by atoms with van der Waals surface area (Å²) >= 11 is 0. The Hall–Kier alpha value is -2.37. The third-order valence-corrected chi connectivity index (χ3v) is 5.30. The number of rotatable bonds is 4. The molecule has 0 aromatic heterocycles. The highest BCUT2D eigenvalue weighted by Gasteiger charge is 2.33. The van der Waals surface area contributed by atoms with E-state index >= 15 is 0 Å². The molecule has 1 aromatic carbocycles. The van der Waals surface area contributed by atoms with Crippen LogP contribution in [0.25, 0.3) is 0 Å². The molecule has 0 bridgehead atoms. The van der Waals surface area contributed by atoms with Crippen molar-refractivity contribution in [2.45, 2.75) is 38.1 Å². The Morgan fingerprint density at radius 2 is 1.64 bits per heavy atom. The van der Waals surface area contributed by atoms with Crippen LogP contribution in [-0.4, -0.2) is 46.9 Å². The maximum absolute atomic E-state index is 12.4. The summed E-state index contributed by atoms with van der Waals surface area (Å²) in [6.45, 7) is 1.16. The quantitative estimate of drug-likeness (QED) is 0.873. The normalized spacial score (nSPS) is 24.1. The first-order valence-corrected chi connectivity index (χ1v) is 8.92. The van der Waals surface area contributed by atoms with Gasteiger partial charge in [0.15, 0.2) is 0 Å². The first kappa shape index (κ1) is 17.5. The molecule has 2 aliphatic rings. The summed E-state index contributed by atoms with van der Waals surface area (Å²) in [7, 11) is 0. The van der Waals surface area contributed by atoms with Gasteiger partial charge in [0.1, 0.15) is 0 Å². The van der Waals surface area contributed by atoms with Crippen LogP contribution in [0.1, 0.15) is 42.5 Å². The van der Waals surface area contributed by atoms with E-state index < -0.39 is 5.97 Å². The molecule has 1 heterocycles. The van der Waals surface area contributed by atoms with Gasteiger partial charge in [0.25, 0.3) is 5.91 Å². The summed E-state index contributed by atoms with van der Waals surface area (Å²) in [5.74, 6) is -1.19. The zero-order valence-electron chi connectivity index (χ0n) is 14.2. The van der Waals surface area contributed by atoms with Gasteiger partial charge < -0.3 is 15.3 Å². The zero-order valence-corrected chi connectivity index (χ0v) is 14.2. The van der Waals surface area contributed by atoms with Crippen LogP contribution in [0.2, 0.25) is 0 Å². The molecule has 0 unspecified atom stereocenters. The molecule has 0 radical (unpaired) electrons.